The summed E-state index contributed by atoms with van der Waals surface area (Å²) < 4.78 is 5.31. The summed E-state index contributed by atoms with van der Waals surface area (Å²) in [5.41, 5.74) is 5.08. The van der Waals surface area contributed by atoms with Crippen LogP contribution in [0.2, 0.25) is 0 Å². The molecule has 0 spiro atoms. The number of nitrogens with one attached hydrogen (secondary N) is 2. The maximum atomic E-state index is 12.1. The van der Waals surface area contributed by atoms with Crippen LogP contribution in [0.15, 0.2) is 65.1 Å². The third-order valence-electron chi connectivity index (χ3n) is 4.10. The van der Waals surface area contributed by atoms with E-state index in [1.165, 1.54) is 17.6 Å². The van der Waals surface area contributed by atoms with E-state index < -0.39 is 17.8 Å². The first kappa shape index (κ1) is 20.9. The molecule has 3 aromatic rings. The lowest BCUT2D eigenvalue weighted by Crippen LogP contribution is -2.32. The minimum Gasteiger partial charge on any atom is -0.422 e. The second kappa shape index (κ2) is 9.62. The monoisotopic (exact) mass is 421 g/mol. The third-order valence-corrected chi connectivity index (χ3v) is 4.95. The Hall–Kier alpha value is -3.78. The average molecular weight is 421 g/mol. The standard InChI is InChI=1S/C22H19N3O4S/c1-14-6-3-7-15(2)19(14)24-20(26)21(27)25-23-13-16-8-4-9-17(12-16)29-22(28)18-10-5-11-30-18/h3-13H,1-2H3,(H,24,26)(H,25,27)/b23-13+. The second-order valence-corrected chi connectivity index (χ2v) is 7.31. The number of carbonyl (C=O) groups is 3. The van der Waals surface area contributed by atoms with Crippen LogP contribution >= 0.6 is 11.3 Å². The molecule has 0 unspecified atom stereocenters. The van der Waals surface area contributed by atoms with E-state index in [0.717, 1.165) is 11.1 Å². The molecule has 0 aliphatic heterocycles. The van der Waals surface area contributed by atoms with Crippen LogP contribution in [-0.2, 0) is 9.59 Å². The average Bonchev–Trinajstić information content (AvgIpc) is 3.26. The van der Waals surface area contributed by atoms with Gasteiger partial charge in [-0.05, 0) is 54.1 Å². The van der Waals surface area contributed by atoms with Gasteiger partial charge in [0.15, 0.2) is 0 Å². The van der Waals surface area contributed by atoms with Gasteiger partial charge in [-0.25, -0.2) is 10.2 Å². The number of hydrogen-bond donors (Lipinski definition) is 2. The highest BCUT2D eigenvalue weighted by Gasteiger charge is 2.15. The second-order valence-electron chi connectivity index (χ2n) is 6.36. The SMILES string of the molecule is Cc1cccc(C)c1NC(=O)C(=O)N/N=C/c1cccc(OC(=O)c2cccs2)c1. The van der Waals surface area contributed by atoms with E-state index in [2.05, 4.69) is 15.8 Å². The van der Waals surface area contributed by atoms with Crippen molar-refractivity contribution < 1.29 is 19.1 Å². The smallest absolute Gasteiger partial charge is 0.353 e. The van der Waals surface area contributed by atoms with E-state index in [1.54, 1.807) is 41.8 Å². The summed E-state index contributed by atoms with van der Waals surface area (Å²) >= 11 is 1.29. The summed E-state index contributed by atoms with van der Waals surface area (Å²) in [7, 11) is 0. The van der Waals surface area contributed by atoms with Crippen LogP contribution in [0.25, 0.3) is 0 Å². The van der Waals surface area contributed by atoms with E-state index in [4.69, 9.17) is 4.74 Å². The number of thiophene rings is 1. The normalized spacial score (nSPS) is 10.6. The van der Waals surface area contributed by atoms with Gasteiger partial charge in [0.05, 0.1) is 6.21 Å². The molecule has 0 saturated heterocycles. The number of aryl methyl sites for hydroxylation is 2. The van der Waals surface area contributed by atoms with Crippen molar-refractivity contribution in [1.29, 1.82) is 0 Å². The lowest BCUT2D eigenvalue weighted by Gasteiger charge is -2.10. The van der Waals surface area contributed by atoms with Crippen molar-refractivity contribution in [1.82, 2.24) is 5.43 Å². The molecule has 2 amide bonds. The van der Waals surface area contributed by atoms with Crippen molar-refractivity contribution in [3.05, 3.63) is 81.5 Å². The van der Waals surface area contributed by atoms with Crippen molar-refractivity contribution in [2.75, 3.05) is 5.32 Å². The van der Waals surface area contributed by atoms with Gasteiger partial charge in [0.25, 0.3) is 0 Å². The molecule has 2 aromatic carbocycles. The number of hydrazone groups is 1. The molecule has 0 bridgehead atoms. The summed E-state index contributed by atoms with van der Waals surface area (Å²) in [6.07, 6.45) is 1.35. The van der Waals surface area contributed by atoms with Crippen molar-refractivity contribution in [2.24, 2.45) is 5.10 Å². The lowest BCUT2D eigenvalue weighted by molar-refractivity contribution is -0.136. The Labute approximate surface area is 177 Å². The van der Waals surface area contributed by atoms with Gasteiger partial charge in [-0.3, -0.25) is 9.59 Å². The van der Waals surface area contributed by atoms with Gasteiger partial charge < -0.3 is 10.1 Å². The summed E-state index contributed by atoms with van der Waals surface area (Å²) in [4.78, 5) is 36.6. The Balaban J connectivity index is 1.57. The molecular formula is C22H19N3O4S. The number of rotatable bonds is 5. The van der Waals surface area contributed by atoms with E-state index >= 15 is 0 Å². The maximum Gasteiger partial charge on any atom is 0.353 e. The van der Waals surface area contributed by atoms with Gasteiger partial charge in [-0.2, -0.15) is 5.10 Å². The molecular weight excluding hydrogens is 402 g/mol. The number of amides is 2. The topological polar surface area (TPSA) is 96.9 Å². The van der Waals surface area contributed by atoms with Crippen LogP contribution in [0, 0.1) is 13.8 Å². The van der Waals surface area contributed by atoms with Crippen LogP contribution < -0.4 is 15.5 Å². The maximum absolute atomic E-state index is 12.1. The van der Waals surface area contributed by atoms with E-state index in [-0.39, 0.29) is 0 Å². The molecule has 0 saturated carbocycles. The number of benzene rings is 2. The highest BCUT2D eigenvalue weighted by atomic mass is 32.1. The summed E-state index contributed by atoms with van der Waals surface area (Å²) in [5.74, 6) is -1.82. The Morgan fingerprint density at radius 2 is 1.70 bits per heavy atom. The Morgan fingerprint density at radius 1 is 0.967 bits per heavy atom. The van der Waals surface area contributed by atoms with Crippen LogP contribution in [0.5, 0.6) is 5.75 Å². The third kappa shape index (κ3) is 5.39. The molecule has 3 rings (SSSR count). The molecule has 152 valence electrons. The number of ether oxygens (including phenoxy) is 1. The van der Waals surface area contributed by atoms with Gasteiger partial charge >= 0.3 is 17.8 Å². The zero-order valence-electron chi connectivity index (χ0n) is 16.3. The molecule has 0 radical (unpaired) electrons. The van der Waals surface area contributed by atoms with Crippen molar-refractivity contribution in [2.45, 2.75) is 13.8 Å². The van der Waals surface area contributed by atoms with Crippen molar-refractivity contribution in [3.63, 3.8) is 0 Å². The lowest BCUT2D eigenvalue weighted by atomic mass is 10.1. The first-order chi connectivity index (χ1) is 14.4. The molecule has 0 fully saturated rings. The molecule has 7 nitrogen and oxygen atoms in total. The highest BCUT2D eigenvalue weighted by molar-refractivity contribution is 7.12. The number of nitrogens with zero attached hydrogens (tertiary/aromatic N) is 1. The van der Waals surface area contributed by atoms with Gasteiger partial charge in [0.2, 0.25) is 0 Å². The minimum atomic E-state index is -0.894. The van der Waals surface area contributed by atoms with Gasteiger partial charge in [-0.15, -0.1) is 11.3 Å². The highest BCUT2D eigenvalue weighted by Crippen LogP contribution is 2.19. The fourth-order valence-corrected chi connectivity index (χ4v) is 3.21. The van der Waals surface area contributed by atoms with Gasteiger partial charge in [-0.1, -0.05) is 36.4 Å². The predicted octanol–water partition coefficient (Wildman–Crippen LogP) is 3.67. The number of hydrogen-bond acceptors (Lipinski definition) is 6. The van der Waals surface area contributed by atoms with Crippen molar-refractivity contribution >= 4 is 41.0 Å². The minimum absolute atomic E-state index is 0.344. The molecule has 0 aliphatic carbocycles. The van der Waals surface area contributed by atoms with Crippen LogP contribution in [0.3, 0.4) is 0 Å². The van der Waals surface area contributed by atoms with Gasteiger partial charge in [0.1, 0.15) is 10.6 Å². The summed E-state index contributed by atoms with van der Waals surface area (Å²) in [6, 6.07) is 15.6. The van der Waals surface area contributed by atoms with Crippen LogP contribution in [0.1, 0.15) is 26.4 Å². The van der Waals surface area contributed by atoms with E-state index in [1.807, 2.05) is 32.0 Å². The van der Waals surface area contributed by atoms with Crippen LogP contribution in [0.4, 0.5) is 5.69 Å². The van der Waals surface area contributed by atoms with E-state index in [9.17, 15) is 14.4 Å². The Bertz CT molecular complexity index is 1090. The zero-order valence-corrected chi connectivity index (χ0v) is 17.2. The number of para-hydroxylation sites is 1. The first-order valence-corrected chi connectivity index (χ1v) is 9.88. The predicted molar refractivity (Wildman–Crippen MR) is 116 cm³/mol. The molecule has 30 heavy (non-hydrogen) atoms. The zero-order chi connectivity index (χ0) is 21.5. The largest absolute Gasteiger partial charge is 0.422 e. The molecule has 1 heterocycles. The number of esters is 1. The van der Waals surface area contributed by atoms with Crippen LogP contribution in [-0.4, -0.2) is 24.0 Å². The molecule has 2 N–H and O–H groups in total. The van der Waals surface area contributed by atoms with Crippen molar-refractivity contribution in [3.8, 4) is 5.75 Å². The molecule has 0 atom stereocenters. The first-order valence-electron chi connectivity index (χ1n) is 9.00. The summed E-state index contributed by atoms with van der Waals surface area (Å²) in [5, 5.41) is 8.18. The fraction of sp³-hybridized carbons (Fsp3) is 0.0909. The molecule has 8 heteroatoms. The molecule has 1 aromatic heterocycles. The summed E-state index contributed by atoms with van der Waals surface area (Å²) in [6.45, 7) is 3.69. The fourth-order valence-electron chi connectivity index (χ4n) is 2.61. The number of carbonyl (C=O) groups excluding carboxylic acids is 3. The Morgan fingerprint density at radius 3 is 2.40 bits per heavy atom. The van der Waals surface area contributed by atoms with E-state index in [0.29, 0.717) is 21.9 Å². The number of anilines is 1. The molecule has 0 aliphatic rings. The Kier molecular flexibility index (Phi) is 6.71. The van der Waals surface area contributed by atoms with Gasteiger partial charge in [0, 0.05) is 5.69 Å². The quantitative estimate of drug-likeness (QED) is 0.216.